The molecule has 2 aliphatic heterocycles. The first kappa shape index (κ1) is 19.5. The average molecular weight is 419 g/mol. The van der Waals surface area contributed by atoms with Crippen LogP contribution < -0.4 is 4.90 Å². The number of fused-ring (bicyclic) bond motifs is 1. The van der Waals surface area contributed by atoms with Gasteiger partial charge in [0.1, 0.15) is 11.6 Å². The van der Waals surface area contributed by atoms with E-state index in [1.807, 2.05) is 56.8 Å². The van der Waals surface area contributed by atoms with Gasteiger partial charge < -0.3 is 19.1 Å². The Kier molecular flexibility index (Phi) is 5.05. The van der Waals surface area contributed by atoms with Crippen LogP contribution in [0.4, 0.5) is 5.82 Å². The molecule has 2 saturated heterocycles. The maximum Gasteiger partial charge on any atom is 0.274 e. The van der Waals surface area contributed by atoms with Crippen molar-refractivity contribution in [2.45, 2.75) is 25.8 Å². The molecule has 8 nitrogen and oxygen atoms in total. The maximum atomic E-state index is 13.4. The number of hydrogen-bond acceptors (Lipinski definition) is 5. The number of aromatic nitrogens is 3. The van der Waals surface area contributed by atoms with Crippen LogP contribution in [0.3, 0.4) is 0 Å². The first-order valence-corrected chi connectivity index (χ1v) is 10.8. The summed E-state index contributed by atoms with van der Waals surface area (Å²) in [5.41, 5.74) is 1.27. The highest BCUT2D eigenvalue weighted by atomic mass is 16.2. The molecule has 160 valence electrons. The summed E-state index contributed by atoms with van der Waals surface area (Å²) in [6, 6.07) is 11.6. The molecular formula is C23H26N6O2. The van der Waals surface area contributed by atoms with Gasteiger partial charge in [-0.3, -0.25) is 9.59 Å². The number of anilines is 1. The molecule has 2 amide bonds. The second-order valence-electron chi connectivity index (χ2n) is 8.11. The smallest absolute Gasteiger partial charge is 0.274 e. The SMILES string of the molecule is CC(=O)N1CCC[C@@H]1c1nc(C(=O)N2CCN(c3ccccn3)CC2)c2ccccn12. The highest BCUT2D eigenvalue weighted by Gasteiger charge is 2.34. The molecule has 0 aliphatic carbocycles. The summed E-state index contributed by atoms with van der Waals surface area (Å²) in [7, 11) is 0. The molecular weight excluding hydrogens is 392 g/mol. The van der Waals surface area contributed by atoms with Gasteiger partial charge in [0.05, 0.1) is 11.6 Å². The molecule has 0 N–H and O–H groups in total. The molecule has 0 spiro atoms. The molecule has 0 radical (unpaired) electrons. The van der Waals surface area contributed by atoms with Crippen molar-refractivity contribution in [3.63, 3.8) is 0 Å². The average Bonchev–Trinajstić information content (AvgIpc) is 3.44. The van der Waals surface area contributed by atoms with Crippen molar-refractivity contribution in [3.05, 3.63) is 60.3 Å². The van der Waals surface area contributed by atoms with Crippen LogP contribution in [0, 0.1) is 0 Å². The maximum absolute atomic E-state index is 13.4. The van der Waals surface area contributed by atoms with E-state index in [1.165, 1.54) is 0 Å². The minimum atomic E-state index is -0.0880. The fraction of sp³-hybridized carbons (Fsp3) is 0.391. The number of hydrogen-bond donors (Lipinski definition) is 0. The van der Waals surface area contributed by atoms with E-state index in [0.29, 0.717) is 18.8 Å². The van der Waals surface area contributed by atoms with Crippen LogP contribution in [0.2, 0.25) is 0 Å². The number of carbonyl (C=O) groups excluding carboxylic acids is 2. The van der Waals surface area contributed by atoms with Crippen molar-refractivity contribution in [2.75, 3.05) is 37.6 Å². The van der Waals surface area contributed by atoms with Gasteiger partial charge in [-0.25, -0.2) is 9.97 Å². The number of nitrogens with zero attached hydrogens (tertiary/aromatic N) is 6. The summed E-state index contributed by atoms with van der Waals surface area (Å²) in [4.78, 5) is 40.7. The molecule has 0 saturated carbocycles. The lowest BCUT2D eigenvalue weighted by atomic mass is 10.2. The molecule has 0 aromatic carbocycles. The van der Waals surface area contributed by atoms with Crippen molar-refractivity contribution in [1.82, 2.24) is 24.2 Å². The first-order chi connectivity index (χ1) is 15.1. The number of pyridine rings is 2. The van der Waals surface area contributed by atoms with Gasteiger partial charge in [-0.05, 0) is 37.1 Å². The highest BCUT2D eigenvalue weighted by molar-refractivity contribution is 5.99. The number of piperazine rings is 1. The molecule has 0 bridgehead atoms. The van der Waals surface area contributed by atoms with E-state index in [9.17, 15) is 9.59 Å². The summed E-state index contributed by atoms with van der Waals surface area (Å²) in [6.45, 7) is 5.06. The Bertz CT molecular complexity index is 1100. The third kappa shape index (κ3) is 3.52. The molecule has 2 fully saturated rings. The van der Waals surface area contributed by atoms with E-state index in [2.05, 4.69) is 9.88 Å². The van der Waals surface area contributed by atoms with Gasteiger partial charge in [0.2, 0.25) is 5.91 Å². The Morgan fingerprint density at radius 3 is 2.55 bits per heavy atom. The Labute approximate surface area is 181 Å². The van der Waals surface area contributed by atoms with Crippen molar-refractivity contribution in [3.8, 4) is 0 Å². The number of carbonyl (C=O) groups is 2. The van der Waals surface area contributed by atoms with E-state index in [4.69, 9.17) is 4.98 Å². The second kappa shape index (κ2) is 8.02. The lowest BCUT2D eigenvalue weighted by Gasteiger charge is -2.35. The van der Waals surface area contributed by atoms with Crippen LogP contribution in [-0.2, 0) is 4.79 Å². The van der Waals surface area contributed by atoms with Crippen LogP contribution in [0.5, 0.6) is 0 Å². The highest BCUT2D eigenvalue weighted by Crippen LogP contribution is 2.33. The van der Waals surface area contributed by atoms with Crippen molar-refractivity contribution in [2.24, 2.45) is 0 Å². The van der Waals surface area contributed by atoms with Gasteiger partial charge in [0.25, 0.3) is 5.91 Å². The van der Waals surface area contributed by atoms with Crippen LogP contribution in [-0.4, -0.2) is 68.7 Å². The van der Waals surface area contributed by atoms with Gasteiger partial charge in [-0.2, -0.15) is 0 Å². The predicted octanol–water partition coefficient (Wildman–Crippen LogP) is 2.38. The van der Waals surface area contributed by atoms with E-state index in [1.54, 1.807) is 13.1 Å². The predicted molar refractivity (Wildman–Crippen MR) is 117 cm³/mol. The quantitative estimate of drug-likeness (QED) is 0.653. The van der Waals surface area contributed by atoms with Gasteiger partial charge in [0, 0.05) is 52.0 Å². The number of rotatable bonds is 3. The molecule has 3 aromatic rings. The van der Waals surface area contributed by atoms with Crippen LogP contribution in [0.25, 0.3) is 5.52 Å². The van der Waals surface area contributed by atoms with Crippen molar-refractivity contribution in [1.29, 1.82) is 0 Å². The molecule has 3 aromatic heterocycles. The largest absolute Gasteiger partial charge is 0.353 e. The lowest BCUT2D eigenvalue weighted by molar-refractivity contribution is -0.129. The Balaban J connectivity index is 1.40. The third-order valence-electron chi connectivity index (χ3n) is 6.27. The van der Waals surface area contributed by atoms with Gasteiger partial charge in [0.15, 0.2) is 5.69 Å². The second-order valence-corrected chi connectivity index (χ2v) is 8.11. The fourth-order valence-electron chi connectivity index (χ4n) is 4.70. The van der Waals surface area contributed by atoms with Crippen LogP contribution >= 0.6 is 0 Å². The van der Waals surface area contributed by atoms with Crippen molar-refractivity contribution >= 4 is 23.1 Å². The normalized spacial score (nSPS) is 19.3. The Morgan fingerprint density at radius 2 is 1.81 bits per heavy atom. The monoisotopic (exact) mass is 418 g/mol. The molecule has 5 heterocycles. The van der Waals surface area contributed by atoms with Crippen molar-refractivity contribution < 1.29 is 9.59 Å². The zero-order chi connectivity index (χ0) is 21.4. The molecule has 8 heteroatoms. The summed E-state index contributed by atoms with van der Waals surface area (Å²) in [5, 5.41) is 0. The van der Waals surface area contributed by atoms with Gasteiger partial charge in [-0.1, -0.05) is 12.1 Å². The zero-order valence-electron chi connectivity index (χ0n) is 17.6. The van der Waals surface area contributed by atoms with E-state index in [0.717, 1.165) is 49.6 Å². The molecule has 31 heavy (non-hydrogen) atoms. The zero-order valence-corrected chi connectivity index (χ0v) is 17.6. The van der Waals surface area contributed by atoms with Crippen LogP contribution in [0.15, 0.2) is 48.8 Å². The molecule has 5 rings (SSSR count). The Hall–Kier alpha value is -3.42. The van der Waals surface area contributed by atoms with E-state index < -0.39 is 0 Å². The number of amides is 2. The molecule has 1 atom stereocenters. The fourth-order valence-corrected chi connectivity index (χ4v) is 4.70. The molecule has 0 unspecified atom stereocenters. The van der Waals surface area contributed by atoms with Gasteiger partial charge >= 0.3 is 0 Å². The lowest BCUT2D eigenvalue weighted by Crippen LogP contribution is -2.49. The Morgan fingerprint density at radius 1 is 1.00 bits per heavy atom. The topological polar surface area (TPSA) is 74.1 Å². The number of imidazole rings is 1. The van der Waals surface area contributed by atoms with Crippen LogP contribution in [0.1, 0.15) is 42.1 Å². The summed E-state index contributed by atoms with van der Waals surface area (Å²) >= 11 is 0. The summed E-state index contributed by atoms with van der Waals surface area (Å²) in [5.74, 6) is 1.71. The van der Waals surface area contributed by atoms with E-state index in [-0.39, 0.29) is 17.9 Å². The first-order valence-electron chi connectivity index (χ1n) is 10.8. The summed E-state index contributed by atoms with van der Waals surface area (Å²) in [6.07, 6.45) is 5.54. The van der Waals surface area contributed by atoms with Gasteiger partial charge in [-0.15, -0.1) is 0 Å². The number of likely N-dealkylation sites (tertiary alicyclic amines) is 1. The molecule has 2 aliphatic rings. The minimum absolute atomic E-state index is 0.0497. The van der Waals surface area contributed by atoms with E-state index >= 15 is 0 Å². The standard InChI is InChI=1S/C23H26N6O2/c1-17(30)28-12-6-8-19(28)22-25-21(18-7-3-5-11-29(18)22)23(31)27-15-13-26(14-16-27)20-9-2-4-10-24-20/h2-5,7,9-11,19H,6,8,12-16H2,1H3/t19-/m1/s1. The summed E-state index contributed by atoms with van der Waals surface area (Å²) < 4.78 is 1.98. The third-order valence-corrected chi connectivity index (χ3v) is 6.27. The minimum Gasteiger partial charge on any atom is -0.353 e.